The average molecular weight is 390 g/mol. The molecule has 8 heteroatoms. The Hall–Kier alpha value is -0.880. The number of aromatic nitrogens is 3. The first-order chi connectivity index (χ1) is 11.1. The van der Waals surface area contributed by atoms with Gasteiger partial charge in [-0.15, -0.1) is 0 Å². The minimum absolute atomic E-state index is 0.372. The van der Waals surface area contributed by atoms with E-state index < -0.39 is 0 Å². The maximum Gasteiger partial charge on any atom is 0.216 e. The molecule has 1 aromatic heterocycles. The molecule has 0 radical (unpaired) electrons. The van der Waals surface area contributed by atoms with Crippen LogP contribution in [0.3, 0.4) is 0 Å². The van der Waals surface area contributed by atoms with E-state index in [0.29, 0.717) is 31.3 Å². The highest BCUT2D eigenvalue weighted by Gasteiger charge is 2.21. The van der Waals surface area contributed by atoms with Crippen LogP contribution in [0.2, 0.25) is 15.1 Å². The van der Waals surface area contributed by atoms with Crippen LogP contribution >= 0.6 is 47.0 Å². The van der Waals surface area contributed by atoms with Crippen molar-refractivity contribution in [3.05, 3.63) is 43.4 Å². The standard InChI is InChI=1S/C15H15Cl3N4S/c16-11-6-7-12(17)13(18)10(11)8-19-22-14(20-21-15(22)23)9-4-2-1-3-5-9/h6-9H,1-5H2,(H,21,23). The van der Waals surface area contributed by atoms with Gasteiger partial charge in [-0.2, -0.15) is 14.9 Å². The Bertz CT molecular complexity index is 791. The minimum atomic E-state index is 0.372. The van der Waals surface area contributed by atoms with Crippen LogP contribution in [0.5, 0.6) is 0 Å². The number of H-pyrrole nitrogens is 1. The molecule has 0 spiro atoms. The molecule has 1 aliphatic carbocycles. The molecule has 1 N–H and O–H groups in total. The van der Waals surface area contributed by atoms with Crippen LogP contribution in [0.4, 0.5) is 0 Å². The number of hydrogen-bond donors (Lipinski definition) is 1. The predicted molar refractivity (Wildman–Crippen MR) is 97.7 cm³/mol. The Labute approximate surface area is 154 Å². The maximum absolute atomic E-state index is 6.20. The first-order valence-corrected chi connectivity index (χ1v) is 8.97. The van der Waals surface area contributed by atoms with Crippen molar-refractivity contribution in [1.82, 2.24) is 14.9 Å². The molecule has 0 unspecified atom stereocenters. The van der Waals surface area contributed by atoms with Crippen LogP contribution < -0.4 is 0 Å². The summed E-state index contributed by atoms with van der Waals surface area (Å²) >= 11 is 23.7. The zero-order valence-corrected chi connectivity index (χ0v) is 15.3. The van der Waals surface area contributed by atoms with E-state index in [-0.39, 0.29) is 0 Å². The summed E-state index contributed by atoms with van der Waals surface area (Å²) in [5.41, 5.74) is 0.568. The van der Waals surface area contributed by atoms with E-state index in [4.69, 9.17) is 47.0 Å². The lowest BCUT2D eigenvalue weighted by molar-refractivity contribution is 0.419. The zero-order chi connectivity index (χ0) is 16.4. The Balaban J connectivity index is 1.96. The van der Waals surface area contributed by atoms with Crippen molar-refractivity contribution in [3.63, 3.8) is 0 Å². The second-order valence-electron chi connectivity index (χ2n) is 5.54. The number of nitrogens with zero attached hydrogens (tertiary/aromatic N) is 3. The van der Waals surface area contributed by atoms with Crippen LogP contribution in [0.25, 0.3) is 0 Å². The van der Waals surface area contributed by atoms with Crippen LogP contribution in [-0.4, -0.2) is 21.1 Å². The van der Waals surface area contributed by atoms with Crippen LogP contribution in [-0.2, 0) is 0 Å². The van der Waals surface area contributed by atoms with Gasteiger partial charge in [-0.3, -0.25) is 5.10 Å². The first kappa shape index (κ1) is 17.0. The Morgan fingerprint density at radius 1 is 1.17 bits per heavy atom. The fraction of sp³-hybridized carbons (Fsp3) is 0.400. The second-order valence-corrected chi connectivity index (χ2v) is 7.11. The third-order valence-electron chi connectivity index (χ3n) is 4.03. The number of aromatic amines is 1. The maximum atomic E-state index is 6.20. The van der Waals surface area contributed by atoms with Crippen molar-refractivity contribution < 1.29 is 0 Å². The third kappa shape index (κ3) is 3.63. The molecule has 0 aliphatic heterocycles. The summed E-state index contributed by atoms with van der Waals surface area (Å²) in [5.74, 6) is 1.24. The number of rotatable bonds is 3. The van der Waals surface area contributed by atoms with Gasteiger partial charge in [0.05, 0.1) is 21.3 Å². The fourth-order valence-electron chi connectivity index (χ4n) is 2.82. The smallest absolute Gasteiger partial charge is 0.216 e. The van der Waals surface area contributed by atoms with Crippen LogP contribution in [0, 0.1) is 4.77 Å². The molecule has 1 heterocycles. The lowest BCUT2D eigenvalue weighted by atomic mass is 9.89. The van der Waals surface area contributed by atoms with E-state index in [1.165, 1.54) is 19.3 Å². The summed E-state index contributed by atoms with van der Waals surface area (Å²) in [6.45, 7) is 0. The highest BCUT2D eigenvalue weighted by molar-refractivity contribution is 7.71. The predicted octanol–water partition coefficient (Wildman–Crippen LogP) is 5.83. The summed E-state index contributed by atoms with van der Waals surface area (Å²) in [7, 11) is 0. The first-order valence-electron chi connectivity index (χ1n) is 7.43. The Morgan fingerprint density at radius 3 is 2.61 bits per heavy atom. The molecule has 1 fully saturated rings. The largest absolute Gasteiger partial charge is 0.250 e. The monoisotopic (exact) mass is 388 g/mol. The summed E-state index contributed by atoms with van der Waals surface area (Å²) in [5, 5.41) is 12.9. The molecular formula is C15H15Cl3N4S. The van der Waals surface area contributed by atoms with Crippen LogP contribution in [0.1, 0.15) is 49.4 Å². The number of hydrogen-bond acceptors (Lipinski definition) is 3. The van der Waals surface area contributed by atoms with Crippen molar-refractivity contribution in [2.45, 2.75) is 38.0 Å². The lowest BCUT2D eigenvalue weighted by Crippen LogP contribution is -2.10. The van der Waals surface area contributed by atoms with Gasteiger partial charge in [0.2, 0.25) is 4.77 Å². The lowest BCUT2D eigenvalue weighted by Gasteiger charge is -2.19. The molecule has 4 nitrogen and oxygen atoms in total. The topological polar surface area (TPSA) is 46.0 Å². The van der Waals surface area contributed by atoms with Gasteiger partial charge in [0, 0.05) is 11.5 Å². The molecule has 2 aromatic rings. The van der Waals surface area contributed by atoms with Gasteiger partial charge in [-0.05, 0) is 37.2 Å². The third-order valence-corrected chi connectivity index (χ3v) is 5.44. The van der Waals surface area contributed by atoms with Gasteiger partial charge < -0.3 is 0 Å². The number of halogens is 3. The average Bonchev–Trinajstić information content (AvgIpc) is 2.93. The SMILES string of the molecule is S=c1[nH]nc(C2CCCCC2)n1N=Cc1c(Cl)ccc(Cl)c1Cl. The molecule has 0 bridgehead atoms. The second kappa shape index (κ2) is 7.34. The highest BCUT2D eigenvalue weighted by Crippen LogP contribution is 2.32. The molecule has 3 rings (SSSR count). The molecule has 1 saturated carbocycles. The summed E-state index contributed by atoms with van der Waals surface area (Å²) in [6, 6.07) is 3.34. The van der Waals surface area contributed by atoms with Crippen molar-refractivity contribution in [1.29, 1.82) is 0 Å². The van der Waals surface area contributed by atoms with Gasteiger partial charge in [-0.25, -0.2) is 0 Å². The molecule has 1 aromatic carbocycles. The minimum Gasteiger partial charge on any atom is -0.250 e. The van der Waals surface area contributed by atoms with Gasteiger partial charge in [0.25, 0.3) is 0 Å². The van der Waals surface area contributed by atoms with Gasteiger partial charge in [-0.1, -0.05) is 54.1 Å². The van der Waals surface area contributed by atoms with Crippen molar-refractivity contribution in [2.24, 2.45) is 5.10 Å². The number of nitrogens with one attached hydrogen (secondary N) is 1. The van der Waals surface area contributed by atoms with E-state index in [1.807, 2.05) is 0 Å². The van der Waals surface area contributed by atoms with E-state index >= 15 is 0 Å². The van der Waals surface area contributed by atoms with E-state index in [9.17, 15) is 0 Å². The molecule has 122 valence electrons. The van der Waals surface area contributed by atoms with E-state index in [0.717, 1.165) is 18.7 Å². The molecular weight excluding hydrogens is 375 g/mol. The van der Waals surface area contributed by atoms with Gasteiger partial charge in [0.1, 0.15) is 0 Å². The van der Waals surface area contributed by atoms with Crippen molar-refractivity contribution >= 4 is 53.2 Å². The van der Waals surface area contributed by atoms with Crippen molar-refractivity contribution in [2.75, 3.05) is 0 Å². The summed E-state index contributed by atoms with van der Waals surface area (Å²) in [4.78, 5) is 0. The Morgan fingerprint density at radius 2 is 1.87 bits per heavy atom. The zero-order valence-electron chi connectivity index (χ0n) is 12.2. The molecule has 23 heavy (non-hydrogen) atoms. The van der Waals surface area contributed by atoms with Crippen molar-refractivity contribution in [3.8, 4) is 0 Å². The number of benzene rings is 1. The van der Waals surface area contributed by atoms with E-state index in [1.54, 1.807) is 23.0 Å². The Kier molecular flexibility index (Phi) is 5.42. The molecule has 0 amide bonds. The molecule has 0 atom stereocenters. The normalized spacial score (nSPS) is 16.3. The fourth-order valence-corrected chi connectivity index (χ4v) is 3.64. The van der Waals surface area contributed by atoms with Crippen LogP contribution in [0.15, 0.2) is 17.2 Å². The van der Waals surface area contributed by atoms with E-state index in [2.05, 4.69) is 15.3 Å². The summed E-state index contributed by atoms with van der Waals surface area (Å²) in [6.07, 6.45) is 7.48. The van der Waals surface area contributed by atoms with Gasteiger partial charge in [0.15, 0.2) is 5.82 Å². The molecule has 1 aliphatic rings. The molecule has 0 saturated heterocycles. The van der Waals surface area contributed by atoms with Gasteiger partial charge >= 0.3 is 0 Å². The quantitative estimate of drug-likeness (QED) is 0.408. The summed E-state index contributed by atoms with van der Waals surface area (Å²) < 4.78 is 2.11. The highest BCUT2D eigenvalue weighted by atomic mass is 35.5.